The van der Waals surface area contributed by atoms with Crippen molar-refractivity contribution in [1.29, 1.82) is 0 Å². The Morgan fingerprint density at radius 3 is 1.75 bits per heavy atom. The van der Waals surface area contributed by atoms with Crippen molar-refractivity contribution in [2.24, 2.45) is 11.8 Å². The second-order valence-electron chi connectivity index (χ2n) is 8.28. The molecule has 1 aliphatic carbocycles. The minimum absolute atomic E-state index is 0.151. The van der Waals surface area contributed by atoms with Gasteiger partial charge in [-0.1, -0.05) is 97.1 Å². The molecule has 32 heavy (non-hydrogen) atoms. The number of hydrogen-bond acceptors (Lipinski definition) is 2. The predicted octanol–water partition coefficient (Wildman–Crippen LogP) is 5.68. The molecule has 0 aromatic heterocycles. The van der Waals surface area contributed by atoms with Crippen LogP contribution in [0, 0.1) is 11.8 Å². The van der Waals surface area contributed by atoms with E-state index in [-0.39, 0.29) is 5.91 Å². The molecule has 1 saturated carbocycles. The van der Waals surface area contributed by atoms with Crippen LogP contribution in [0.3, 0.4) is 0 Å². The van der Waals surface area contributed by atoms with Gasteiger partial charge in [0.25, 0.3) is 0 Å². The Hall–Kier alpha value is -3.92. The lowest BCUT2D eigenvalue weighted by molar-refractivity contribution is -0.152. The molecule has 1 amide bonds. The molecule has 4 heteroatoms. The highest BCUT2D eigenvalue weighted by molar-refractivity contribution is 6.04. The van der Waals surface area contributed by atoms with E-state index >= 15 is 0 Å². The highest BCUT2D eigenvalue weighted by atomic mass is 16.4. The molecule has 0 aliphatic heterocycles. The second kappa shape index (κ2) is 8.31. The van der Waals surface area contributed by atoms with E-state index in [0.717, 1.165) is 27.6 Å². The summed E-state index contributed by atoms with van der Waals surface area (Å²) in [7, 11) is 0. The average molecular weight is 421 g/mol. The van der Waals surface area contributed by atoms with E-state index < -0.39 is 29.6 Å². The molecule has 0 bridgehead atoms. The van der Waals surface area contributed by atoms with E-state index in [9.17, 15) is 14.7 Å². The third-order valence-corrected chi connectivity index (χ3v) is 6.55. The van der Waals surface area contributed by atoms with Gasteiger partial charge in [0, 0.05) is 22.9 Å². The summed E-state index contributed by atoms with van der Waals surface area (Å²) in [5, 5.41) is 15.2. The Bertz CT molecular complexity index is 1220. The molecule has 1 unspecified atom stereocenters. The molecule has 5 rings (SSSR count). The highest BCUT2D eigenvalue weighted by Gasteiger charge is 2.58. The molecule has 4 aromatic carbocycles. The minimum atomic E-state index is -0.873. The summed E-state index contributed by atoms with van der Waals surface area (Å²) in [4.78, 5) is 26.0. The number of carboxylic acid groups (broad SMARTS) is 1. The molecule has 0 radical (unpaired) electrons. The first-order valence-corrected chi connectivity index (χ1v) is 10.8. The first-order chi connectivity index (χ1) is 15.6. The molecule has 4 nitrogen and oxygen atoms in total. The zero-order valence-electron chi connectivity index (χ0n) is 17.4. The van der Waals surface area contributed by atoms with Crippen LogP contribution >= 0.6 is 0 Å². The zero-order chi connectivity index (χ0) is 22.1. The number of aliphatic carboxylic acids is 1. The van der Waals surface area contributed by atoms with Crippen LogP contribution in [0.4, 0.5) is 5.69 Å². The number of carbonyl (C=O) groups excluding carboxylic acids is 1. The van der Waals surface area contributed by atoms with Gasteiger partial charge in [-0.05, 0) is 22.6 Å². The molecule has 1 aliphatic rings. The van der Waals surface area contributed by atoms with Crippen LogP contribution in [0.1, 0.15) is 23.0 Å². The molecule has 0 saturated heterocycles. The van der Waals surface area contributed by atoms with E-state index in [0.29, 0.717) is 0 Å². The van der Waals surface area contributed by atoms with E-state index in [2.05, 4.69) is 5.32 Å². The molecule has 0 spiro atoms. The van der Waals surface area contributed by atoms with Crippen LogP contribution in [0.2, 0.25) is 0 Å². The number of anilines is 1. The van der Waals surface area contributed by atoms with E-state index in [4.69, 9.17) is 0 Å². The zero-order valence-corrected chi connectivity index (χ0v) is 17.4. The van der Waals surface area contributed by atoms with Crippen molar-refractivity contribution in [3.63, 3.8) is 0 Å². The van der Waals surface area contributed by atoms with Gasteiger partial charge in [0.1, 0.15) is 0 Å². The summed E-state index contributed by atoms with van der Waals surface area (Å²) < 4.78 is 0. The number of benzene rings is 4. The standard InChI is InChI=1S/C28H23NO3/c30-27(29-22-17-9-15-18-10-7-8-16-21(18)22)25-23(19-11-3-1-4-12-19)26(28(31)32)24(25)20-13-5-2-6-14-20/h1-17,23-26H,(H,29,30)(H,31,32)/t23-,24?,25+,26+/m1/s1. The third-order valence-electron chi connectivity index (χ3n) is 6.55. The van der Waals surface area contributed by atoms with Crippen molar-refractivity contribution in [1.82, 2.24) is 0 Å². The fourth-order valence-electron chi connectivity index (χ4n) is 5.11. The van der Waals surface area contributed by atoms with Gasteiger partial charge in [0.2, 0.25) is 5.91 Å². The van der Waals surface area contributed by atoms with Crippen LogP contribution in [0.15, 0.2) is 103 Å². The van der Waals surface area contributed by atoms with Crippen molar-refractivity contribution in [2.45, 2.75) is 11.8 Å². The molecule has 4 atom stereocenters. The lowest BCUT2D eigenvalue weighted by atomic mass is 9.52. The Labute approximate surface area is 186 Å². The number of carbonyl (C=O) groups is 2. The fraction of sp³-hybridized carbons (Fsp3) is 0.143. The van der Waals surface area contributed by atoms with Crippen LogP contribution < -0.4 is 5.32 Å². The van der Waals surface area contributed by atoms with Crippen LogP contribution in [-0.4, -0.2) is 17.0 Å². The Balaban J connectivity index is 1.55. The highest BCUT2D eigenvalue weighted by Crippen LogP contribution is 2.58. The Morgan fingerprint density at radius 2 is 1.16 bits per heavy atom. The van der Waals surface area contributed by atoms with Gasteiger partial charge in [-0.15, -0.1) is 0 Å². The van der Waals surface area contributed by atoms with Gasteiger partial charge >= 0.3 is 5.97 Å². The maximum absolute atomic E-state index is 13.7. The van der Waals surface area contributed by atoms with Gasteiger partial charge in [0.15, 0.2) is 0 Å². The topological polar surface area (TPSA) is 66.4 Å². The lowest BCUT2D eigenvalue weighted by Crippen LogP contribution is -2.52. The predicted molar refractivity (Wildman–Crippen MR) is 126 cm³/mol. The largest absolute Gasteiger partial charge is 0.481 e. The summed E-state index contributed by atoms with van der Waals surface area (Å²) in [6.45, 7) is 0. The van der Waals surface area contributed by atoms with E-state index in [1.807, 2.05) is 103 Å². The van der Waals surface area contributed by atoms with E-state index in [1.165, 1.54) is 0 Å². The molecule has 1 fully saturated rings. The average Bonchev–Trinajstić information content (AvgIpc) is 2.80. The number of nitrogens with one attached hydrogen (secondary N) is 1. The minimum Gasteiger partial charge on any atom is -0.481 e. The molecular formula is C28H23NO3. The molecule has 0 heterocycles. The van der Waals surface area contributed by atoms with Gasteiger partial charge in [-0.25, -0.2) is 0 Å². The maximum Gasteiger partial charge on any atom is 0.307 e. The van der Waals surface area contributed by atoms with Crippen LogP contribution in [0.25, 0.3) is 10.8 Å². The summed E-state index contributed by atoms with van der Waals surface area (Å²) >= 11 is 0. The molecule has 2 N–H and O–H groups in total. The van der Waals surface area contributed by atoms with Gasteiger partial charge < -0.3 is 10.4 Å². The second-order valence-corrected chi connectivity index (χ2v) is 8.28. The number of carboxylic acids is 1. The van der Waals surface area contributed by atoms with Crippen molar-refractivity contribution in [3.05, 3.63) is 114 Å². The number of rotatable bonds is 5. The lowest BCUT2D eigenvalue weighted by Gasteiger charge is -2.49. The first kappa shape index (κ1) is 20.0. The number of hydrogen-bond donors (Lipinski definition) is 2. The molecular weight excluding hydrogens is 398 g/mol. The smallest absolute Gasteiger partial charge is 0.307 e. The normalized spacial score (nSPS) is 22.1. The SMILES string of the molecule is O=C(O)[C@@H]1C(c2ccccc2)[C@@H](C(=O)Nc2cccc3ccccc23)[C@H]1c1ccccc1. The number of fused-ring (bicyclic) bond motifs is 1. The van der Waals surface area contributed by atoms with Gasteiger partial charge in [0.05, 0.1) is 11.8 Å². The van der Waals surface area contributed by atoms with Gasteiger partial charge in [-0.3, -0.25) is 9.59 Å². The monoisotopic (exact) mass is 421 g/mol. The number of amides is 1. The quantitative estimate of drug-likeness (QED) is 0.436. The first-order valence-electron chi connectivity index (χ1n) is 10.8. The summed E-state index contributed by atoms with van der Waals surface area (Å²) in [5.41, 5.74) is 2.50. The molecule has 158 valence electrons. The van der Waals surface area contributed by atoms with Crippen LogP contribution in [-0.2, 0) is 9.59 Å². The maximum atomic E-state index is 13.7. The Morgan fingerprint density at radius 1 is 0.625 bits per heavy atom. The fourth-order valence-corrected chi connectivity index (χ4v) is 5.11. The van der Waals surface area contributed by atoms with Crippen LogP contribution in [0.5, 0.6) is 0 Å². The molecule has 4 aromatic rings. The summed E-state index contributed by atoms with van der Waals surface area (Å²) in [6, 6.07) is 32.8. The summed E-state index contributed by atoms with van der Waals surface area (Å²) in [5.74, 6) is -2.96. The van der Waals surface area contributed by atoms with Crippen molar-refractivity contribution in [2.75, 3.05) is 5.32 Å². The van der Waals surface area contributed by atoms with Crippen molar-refractivity contribution in [3.8, 4) is 0 Å². The van der Waals surface area contributed by atoms with Crippen molar-refractivity contribution < 1.29 is 14.7 Å². The van der Waals surface area contributed by atoms with E-state index in [1.54, 1.807) is 0 Å². The van der Waals surface area contributed by atoms with Gasteiger partial charge in [-0.2, -0.15) is 0 Å². The summed E-state index contributed by atoms with van der Waals surface area (Å²) in [6.07, 6.45) is 0. The van der Waals surface area contributed by atoms with Crippen molar-refractivity contribution >= 4 is 28.3 Å². The third kappa shape index (κ3) is 3.44. The Kier molecular flexibility index (Phi) is 5.20.